The van der Waals surface area contributed by atoms with Gasteiger partial charge in [-0.3, -0.25) is 0 Å². The third-order valence-electron chi connectivity index (χ3n) is 2.53. The van der Waals surface area contributed by atoms with E-state index in [0.717, 1.165) is 11.3 Å². The maximum Gasteiger partial charge on any atom is 0.354 e. The highest BCUT2D eigenvalue weighted by molar-refractivity contribution is 7.80. The molecule has 0 saturated heterocycles. The lowest BCUT2D eigenvalue weighted by atomic mass is 10.2. The summed E-state index contributed by atoms with van der Waals surface area (Å²) in [6, 6.07) is 7.42. The predicted octanol–water partition coefficient (Wildman–Crippen LogP) is 1.93. The summed E-state index contributed by atoms with van der Waals surface area (Å²) in [4.78, 5) is 14.9. The Morgan fingerprint density at radius 1 is 1.56 bits per heavy atom. The number of hydrogen-bond acceptors (Lipinski definition) is 4. The monoisotopic (exact) mass is 264 g/mol. The fourth-order valence-corrected chi connectivity index (χ4v) is 1.88. The predicted molar refractivity (Wildman–Crippen MR) is 68.5 cm³/mol. The summed E-state index contributed by atoms with van der Waals surface area (Å²) in [5.41, 5.74) is 1.04. The van der Waals surface area contributed by atoms with Crippen molar-refractivity contribution in [2.45, 2.75) is 11.7 Å². The number of methoxy groups -OCH3 is 1. The topological polar surface area (TPSA) is 64.3 Å². The Balaban J connectivity index is 2.33. The summed E-state index contributed by atoms with van der Waals surface area (Å²) < 4.78 is 6.65. The van der Waals surface area contributed by atoms with Crippen LogP contribution in [0.3, 0.4) is 0 Å². The van der Waals surface area contributed by atoms with Gasteiger partial charge in [0.15, 0.2) is 5.16 Å². The van der Waals surface area contributed by atoms with E-state index in [1.807, 2.05) is 24.3 Å². The van der Waals surface area contributed by atoms with E-state index in [1.165, 1.54) is 10.8 Å². The fourth-order valence-electron chi connectivity index (χ4n) is 1.65. The molecule has 6 heteroatoms. The average Bonchev–Trinajstić information content (AvgIpc) is 2.71. The van der Waals surface area contributed by atoms with Gasteiger partial charge >= 0.3 is 5.97 Å². The van der Waals surface area contributed by atoms with Crippen LogP contribution in [0.25, 0.3) is 0 Å². The van der Waals surface area contributed by atoms with E-state index in [2.05, 4.69) is 17.6 Å². The second-order valence-corrected chi connectivity index (χ2v) is 4.09. The summed E-state index contributed by atoms with van der Waals surface area (Å²) in [5, 5.41) is 9.41. The molecule has 2 aromatic rings. The molecule has 1 N–H and O–H groups in total. The number of ether oxygens (including phenoxy) is 1. The Hall–Kier alpha value is -1.95. The van der Waals surface area contributed by atoms with Crippen LogP contribution in [0.15, 0.2) is 35.6 Å². The van der Waals surface area contributed by atoms with Crippen LogP contribution in [0, 0.1) is 0 Å². The molecular weight excluding hydrogens is 252 g/mol. The Labute approximate surface area is 109 Å². The molecule has 0 atom stereocenters. The van der Waals surface area contributed by atoms with Crippen molar-refractivity contribution >= 4 is 18.6 Å². The lowest BCUT2D eigenvalue weighted by Gasteiger charge is -2.08. The van der Waals surface area contributed by atoms with Crippen LogP contribution in [-0.4, -0.2) is 27.7 Å². The quantitative estimate of drug-likeness (QED) is 0.828. The largest absolute Gasteiger partial charge is 0.497 e. The molecule has 0 saturated carbocycles. The summed E-state index contributed by atoms with van der Waals surface area (Å²) in [5.74, 6) is -0.295. The number of aromatic carboxylic acids is 1. The molecule has 0 spiro atoms. The van der Waals surface area contributed by atoms with Crippen molar-refractivity contribution in [3.63, 3.8) is 0 Å². The van der Waals surface area contributed by atoms with Crippen molar-refractivity contribution in [2.24, 2.45) is 0 Å². The van der Waals surface area contributed by atoms with Crippen molar-refractivity contribution in [3.8, 4) is 5.75 Å². The number of carbonyl (C=O) groups is 1. The van der Waals surface area contributed by atoms with Gasteiger partial charge < -0.3 is 14.4 Å². The van der Waals surface area contributed by atoms with Crippen molar-refractivity contribution in [3.05, 3.63) is 41.7 Å². The van der Waals surface area contributed by atoms with E-state index in [-0.39, 0.29) is 5.69 Å². The van der Waals surface area contributed by atoms with Gasteiger partial charge in [-0.25, -0.2) is 9.78 Å². The van der Waals surface area contributed by atoms with Crippen LogP contribution in [0.1, 0.15) is 16.1 Å². The first-order valence-electron chi connectivity index (χ1n) is 5.22. The number of nitrogens with zero attached hydrogens (tertiary/aromatic N) is 2. The van der Waals surface area contributed by atoms with Crippen LogP contribution in [0.5, 0.6) is 5.75 Å². The molecular formula is C12H12N2O3S. The first-order chi connectivity index (χ1) is 8.61. The molecule has 0 bridgehead atoms. The van der Waals surface area contributed by atoms with Gasteiger partial charge in [0.2, 0.25) is 0 Å². The zero-order valence-electron chi connectivity index (χ0n) is 9.70. The Morgan fingerprint density at radius 2 is 2.33 bits per heavy atom. The van der Waals surface area contributed by atoms with Crippen molar-refractivity contribution in [1.82, 2.24) is 9.55 Å². The lowest BCUT2D eigenvalue weighted by Crippen LogP contribution is -2.09. The molecule has 1 aromatic heterocycles. The van der Waals surface area contributed by atoms with Crippen LogP contribution in [0.4, 0.5) is 0 Å². The minimum absolute atomic E-state index is 0.114. The SMILES string of the molecule is COc1cccc(Cn2c(C(=O)O)cnc2S)c1. The van der Waals surface area contributed by atoms with E-state index in [0.29, 0.717) is 11.7 Å². The maximum atomic E-state index is 11.0. The molecule has 0 amide bonds. The molecule has 0 fully saturated rings. The molecule has 2 rings (SSSR count). The molecule has 1 aromatic carbocycles. The third kappa shape index (κ3) is 2.48. The first kappa shape index (κ1) is 12.5. The summed E-state index contributed by atoms with van der Waals surface area (Å²) in [6.45, 7) is 0.387. The van der Waals surface area contributed by atoms with Crippen molar-refractivity contribution in [1.29, 1.82) is 0 Å². The van der Waals surface area contributed by atoms with Crippen molar-refractivity contribution < 1.29 is 14.6 Å². The van der Waals surface area contributed by atoms with Gasteiger partial charge in [0.1, 0.15) is 11.4 Å². The minimum Gasteiger partial charge on any atom is -0.497 e. The van der Waals surface area contributed by atoms with Crippen LogP contribution >= 0.6 is 12.6 Å². The summed E-state index contributed by atoms with van der Waals surface area (Å²) in [7, 11) is 1.59. The van der Waals surface area contributed by atoms with Gasteiger partial charge in [-0.15, -0.1) is 12.6 Å². The van der Waals surface area contributed by atoms with Crippen molar-refractivity contribution in [2.75, 3.05) is 7.11 Å². The normalized spacial score (nSPS) is 10.3. The minimum atomic E-state index is -1.02. The van der Waals surface area contributed by atoms with Crippen LogP contribution in [0.2, 0.25) is 0 Å². The average molecular weight is 264 g/mol. The number of carboxylic acids is 1. The number of aromatic nitrogens is 2. The van der Waals surface area contributed by atoms with E-state index < -0.39 is 5.97 Å². The van der Waals surface area contributed by atoms with E-state index in [9.17, 15) is 4.79 Å². The Bertz CT molecular complexity index is 580. The first-order valence-corrected chi connectivity index (χ1v) is 5.67. The van der Waals surface area contributed by atoms with Gasteiger partial charge in [-0.1, -0.05) is 12.1 Å². The second kappa shape index (κ2) is 5.14. The van der Waals surface area contributed by atoms with E-state index in [1.54, 1.807) is 7.11 Å². The molecule has 5 nitrogen and oxygen atoms in total. The molecule has 1 heterocycles. The molecule has 0 aliphatic heterocycles. The second-order valence-electron chi connectivity index (χ2n) is 3.69. The molecule has 18 heavy (non-hydrogen) atoms. The number of carboxylic acid groups (broad SMARTS) is 1. The van der Waals surface area contributed by atoms with Crippen LogP contribution < -0.4 is 4.74 Å². The summed E-state index contributed by atoms with van der Waals surface area (Å²) >= 11 is 4.15. The lowest BCUT2D eigenvalue weighted by molar-refractivity contribution is 0.0684. The highest BCUT2D eigenvalue weighted by Crippen LogP contribution is 2.17. The molecule has 0 aliphatic rings. The number of benzene rings is 1. The highest BCUT2D eigenvalue weighted by Gasteiger charge is 2.13. The van der Waals surface area contributed by atoms with Gasteiger partial charge in [-0.2, -0.15) is 0 Å². The third-order valence-corrected chi connectivity index (χ3v) is 2.89. The van der Waals surface area contributed by atoms with E-state index >= 15 is 0 Å². The number of rotatable bonds is 4. The van der Waals surface area contributed by atoms with E-state index in [4.69, 9.17) is 9.84 Å². The smallest absolute Gasteiger partial charge is 0.354 e. The fraction of sp³-hybridized carbons (Fsp3) is 0.167. The van der Waals surface area contributed by atoms with Gasteiger partial charge in [0.25, 0.3) is 0 Å². The maximum absolute atomic E-state index is 11.0. The number of imidazole rings is 1. The molecule has 0 aliphatic carbocycles. The van der Waals surface area contributed by atoms with Crippen LogP contribution in [-0.2, 0) is 6.54 Å². The standard InChI is InChI=1S/C12H12N2O3S/c1-17-9-4-2-3-8(5-9)7-14-10(11(15)16)6-13-12(14)18/h2-6H,7H2,1H3,(H,13,18)(H,15,16). The van der Waals surface area contributed by atoms with Gasteiger partial charge in [0, 0.05) is 0 Å². The Kier molecular flexibility index (Phi) is 3.57. The summed E-state index contributed by atoms with van der Waals surface area (Å²) in [6.07, 6.45) is 1.30. The van der Waals surface area contributed by atoms with Gasteiger partial charge in [0.05, 0.1) is 19.9 Å². The zero-order valence-corrected chi connectivity index (χ0v) is 10.6. The van der Waals surface area contributed by atoms with Gasteiger partial charge in [-0.05, 0) is 17.7 Å². The number of thiol groups is 1. The Morgan fingerprint density at radius 3 is 3.00 bits per heavy atom. The molecule has 94 valence electrons. The number of hydrogen-bond donors (Lipinski definition) is 2. The zero-order chi connectivity index (χ0) is 13.1. The highest BCUT2D eigenvalue weighted by atomic mass is 32.1. The molecule has 0 unspecified atom stereocenters. The molecule has 0 radical (unpaired) electrons.